The van der Waals surface area contributed by atoms with Crippen molar-refractivity contribution in [3.8, 4) is 5.75 Å². The molecule has 0 aliphatic rings. The first-order valence-electron chi connectivity index (χ1n) is 4.51. The Morgan fingerprint density at radius 1 is 1.53 bits per heavy atom. The van der Waals surface area contributed by atoms with Crippen LogP contribution in [-0.2, 0) is 11.2 Å². The van der Waals surface area contributed by atoms with E-state index in [4.69, 9.17) is 9.84 Å². The van der Waals surface area contributed by atoms with E-state index in [1.165, 1.54) is 7.11 Å². The SMILES string of the molecule is COc1ccc(C=O)c(CCC(=O)O)c1. The van der Waals surface area contributed by atoms with Crippen LogP contribution in [0.1, 0.15) is 22.3 Å². The van der Waals surface area contributed by atoms with E-state index in [2.05, 4.69) is 0 Å². The van der Waals surface area contributed by atoms with Gasteiger partial charge < -0.3 is 9.84 Å². The number of rotatable bonds is 5. The van der Waals surface area contributed by atoms with E-state index in [-0.39, 0.29) is 6.42 Å². The van der Waals surface area contributed by atoms with E-state index in [1.54, 1.807) is 18.2 Å². The van der Waals surface area contributed by atoms with Gasteiger partial charge in [0.1, 0.15) is 12.0 Å². The molecule has 0 saturated carbocycles. The zero-order valence-corrected chi connectivity index (χ0v) is 8.40. The van der Waals surface area contributed by atoms with Crippen molar-refractivity contribution in [2.45, 2.75) is 12.8 Å². The van der Waals surface area contributed by atoms with Crippen LogP contribution in [0.3, 0.4) is 0 Å². The Labute approximate surface area is 87.5 Å². The topological polar surface area (TPSA) is 63.6 Å². The highest BCUT2D eigenvalue weighted by Gasteiger charge is 2.06. The van der Waals surface area contributed by atoms with Gasteiger partial charge in [0.15, 0.2) is 0 Å². The Kier molecular flexibility index (Phi) is 3.85. The summed E-state index contributed by atoms with van der Waals surface area (Å²) in [4.78, 5) is 21.1. The molecule has 0 aromatic heterocycles. The van der Waals surface area contributed by atoms with Crippen molar-refractivity contribution in [2.75, 3.05) is 7.11 Å². The Morgan fingerprint density at radius 2 is 2.27 bits per heavy atom. The van der Waals surface area contributed by atoms with Crippen molar-refractivity contribution in [1.29, 1.82) is 0 Å². The van der Waals surface area contributed by atoms with Gasteiger partial charge in [0, 0.05) is 12.0 Å². The highest BCUT2D eigenvalue weighted by molar-refractivity contribution is 5.78. The maximum atomic E-state index is 10.7. The molecule has 0 aliphatic carbocycles. The normalized spacial score (nSPS) is 9.67. The predicted molar refractivity (Wildman–Crippen MR) is 54.3 cm³/mol. The zero-order chi connectivity index (χ0) is 11.3. The summed E-state index contributed by atoms with van der Waals surface area (Å²) >= 11 is 0. The fourth-order valence-electron chi connectivity index (χ4n) is 1.28. The van der Waals surface area contributed by atoms with Crippen LogP contribution >= 0.6 is 0 Å². The molecule has 4 nitrogen and oxygen atoms in total. The smallest absolute Gasteiger partial charge is 0.303 e. The summed E-state index contributed by atoms with van der Waals surface area (Å²) in [6, 6.07) is 4.99. The molecule has 0 aliphatic heterocycles. The molecular formula is C11H12O4. The van der Waals surface area contributed by atoms with Gasteiger partial charge in [-0.1, -0.05) is 0 Å². The molecular weight excluding hydrogens is 196 g/mol. The lowest BCUT2D eigenvalue weighted by atomic mass is 10.0. The zero-order valence-electron chi connectivity index (χ0n) is 8.40. The number of carbonyl (C=O) groups excluding carboxylic acids is 1. The maximum absolute atomic E-state index is 10.7. The van der Waals surface area contributed by atoms with Crippen molar-refractivity contribution >= 4 is 12.3 Å². The summed E-state index contributed by atoms with van der Waals surface area (Å²) < 4.78 is 5.00. The predicted octanol–water partition coefficient (Wildman–Crippen LogP) is 1.52. The third-order valence-electron chi connectivity index (χ3n) is 2.09. The van der Waals surface area contributed by atoms with Crippen LogP contribution in [0.4, 0.5) is 0 Å². The number of benzene rings is 1. The molecule has 1 N–H and O–H groups in total. The minimum Gasteiger partial charge on any atom is -0.497 e. The van der Waals surface area contributed by atoms with E-state index in [0.717, 1.165) is 6.29 Å². The van der Waals surface area contributed by atoms with Gasteiger partial charge in [-0.15, -0.1) is 0 Å². The Bertz CT molecular complexity index is 371. The molecule has 0 fully saturated rings. The number of methoxy groups -OCH3 is 1. The maximum Gasteiger partial charge on any atom is 0.303 e. The summed E-state index contributed by atoms with van der Waals surface area (Å²) in [6.07, 6.45) is 1.06. The monoisotopic (exact) mass is 208 g/mol. The average molecular weight is 208 g/mol. The van der Waals surface area contributed by atoms with Gasteiger partial charge in [-0.2, -0.15) is 0 Å². The highest BCUT2D eigenvalue weighted by atomic mass is 16.5. The van der Waals surface area contributed by atoms with Gasteiger partial charge in [-0.3, -0.25) is 9.59 Å². The van der Waals surface area contributed by atoms with Crippen LogP contribution in [-0.4, -0.2) is 24.5 Å². The van der Waals surface area contributed by atoms with Crippen molar-refractivity contribution in [3.63, 3.8) is 0 Å². The van der Waals surface area contributed by atoms with Crippen LogP contribution in [0.15, 0.2) is 18.2 Å². The van der Waals surface area contributed by atoms with E-state index >= 15 is 0 Å². The summed E-state index contributed by atoms with van der Waals surface area (Å²) in [5.74, 6) is -0.254. The van der Waals surface area contributed by atoms with E-state index in [0.29, 0.717) is 23.3 Å². The minimum absolute atomic E-state index is 0.00794. The second-order valence-electron chi connectivity index (χ2n) is 3.08. The second kappa shape index (κ2) is 5.14. The number of aryl methyl sites for hydroxylation is 1. The molecule has 1 aromatic carbocycles. The summed E-state index contributed by atoms with van der Waals surface area (Å²) in [6.45, 7) is 0. The summed E-state index contributed by atoms with van der Waals surface area (Å²) in [5.41, 5.74) is 1.21. The molecule has 80 valence electrons. The Morgan fingerprint density at radius 3 is 2.80 bits per heavy atom. The number of hydrogen-bond acceptors (Lipinski definition) is 3. The molecule has 0 spiro atoms. The van der Waals surface area contributed by atoms with Crippen LogP contribution in [0.2, 0.25) is 0 Å². The Hall–Kier alpha value is -1.84. The van der Waals surface area contributed by atoms with Crippen LogP contribution in [0.25, 0.3) is 0 Å². The number of aliphatic carboxylic acids is 1. The molecule has 0 bridgehead atoms. The van der Waals surface area contributed by atoms with Gasteiger partial charge in [0.25, 0.3) is 0 Å². The molecule has 1 aromatic rings. The second-order valence-corrected chi connectivity index (χ2v) is 3.08. The first-order valence-corrected chi connectivity index (χ1v) is 4.51. The van der Waals surface area contributed by atoms with Gasteiger partial charge in [-0.25, -0.2) is 0 Å². The number of carbonyl (C=O) groups is 2. The van der Waals surface area contributed by atoms with E-state index in [9.17, 15) is 9.59 Å². The minimum atomic E-state index is -0.880. The third-order valence-corrected chi connectivity index (χ3v) is 2.09. The van der Waals surface area contributed by atoms with Gasteiger partial charge in [0.05, 0.1) is 7.11 Å². The largest absolute Gasteiger partial charge is 0.497 e. The molecule has 1 rings (SSSR count). The lowest BCUT2D eigenvalue weighted by Crippen LogP contribution is -2.00. The first kappa shape index (κ1) is 11.2. The van der Waals surface area contributed by atoms with E-state index in [1.807, 2.05) is 0 Å². The molecule has 0 atom stereocenters. The van der Waals surface area contributed by atoms with Crippen molar-refractivity contribution in [2.24, 2.45) is 0 Å². The number of carboxylic acids is 1. The number of carboxylic acid groups (broad SMARTS) is 1. The van der Waals surface area contributed by atoms with E-state index < -0.39 is 5.97 Å². The summed E-state index contributed by atoms with van der Waals surface area (Å²) in [5, 5.41) is 8.55. The molecule has 0 amide bonds. The Balaban J connectivity index is 2.90. The fraction of sp³-hybridized carbons (Fsp3) is 0.273. The average Bonchev–Trinajstić information content (AvgIpc) is 2.25. The quantitative estimate of drug-likeness (QED) is 0.745. The van der Waals surface area contributed by atoms with Crippen molar-refractivity contribution in [3.05, 3.63) is 29.3 Å². The lowest BCUT2D eigenvalue weighted by Gasteiger charge is -2.06. The van der Waals surface area contributed by atoms with Crippen LogP contribution < -0.4 is 4.74 Å². The van der Waals surface area contributed by atoms with Gasteiger partial charge in [0.2, 0.25) is 0 Å². The molecule has 4 heteroatoms. The number of ether oxygens (including phenoxy) is 1. The molecule has 0 radical (unpaired) electrons. The fourth-order valence-corrected chi connectivity index (χ4v) is 1.28. The van der Waals surface area contributed by atoms with Gasteiger partial charge in [-0.05, 0) is 30.2 Å². The van der Waals surface area contributed by atoms with Crippen LogP contribution in [0, 0.1) is 0 Å². The molecule has 0 unspecified atom stereocenters. The molecule has 0 saturated heterocycles. The highest BCUT2D eigenvalue weighted by Crippen LogP contribution is 2.17. The van der Waals surface area contributed by atoms with Gasteiger partial charge >= 0.3 is 5.97 Å². The summed E-state index contributed by atoms with van der Waals surface area (Å²) in [7, 11) is 1.52. The molecule has 15 heavy (non-hydrogen) atoms. The van der Waals surface area contributed by atoms with Crippen molar-refractivity contribution < 1.29 is 19.4 Å². The van der Waals surface area contributed by atoms with Crippen molar-refractivity contribution in [1.82, 2.24) is 0 Å². The first-order chi connectivity index (χ1) is 7.17. The number of hydrogen-bond donors (Lipinski definition) is 1. The molecule has 0 heterocycles. The lowest BCUT2D eigenvalue weighted by molar-refractivity contribution is -0.136. The standard InChI is InChI=1S/C11H12O4/c1-15-10-4-2-9(7-12)8(6-10)3-5-11(13)14/h2,4,6-7H,3,5H2,1H3,(H,13,14). The third kappa shape index (κ3) is 3.09. The van der Waals surface area contributed by atoms with Crippen LogP contribution in [0.5, 0.6) is 5.75 Å². The number of aldehydes is 1.